The van der Waals surface area contributed by atoms with Crippen LogP contribution in [0.2, 0.25) is 0 Å². The molecule has 0 aromatic heterocycles. The quantitative estimate of drug-likeness (QED) is 0.863. The fourth-order valence-electron chi connectivity index (χ4n) is 2.43. The van der Waals surface area contributed by atoms with Crippen LogP contribution in [0.3, 0.4) is 0 Å². The highest BCUT2D eigenvalue weighted by molar-refractivity contribution is 5.92. The Balaban J connectivity index is 1.79. The molecule has 1 aromatic carbocycles. The Morgan fingerprint density at radius 1 is 1.35 bits per heavy atom. The Hall–Kier alpha value is -1.39. The van der Waals surface area contributed by atoms with Gasteiger partial charge >= 0.3 is 0 Å². The summed E-state index contributed by atoms with van der Waals surface area (Å²) >= 11 is 0. The lowest BCUT2D eigenvalue weighted by Crippen LogP contribution is -2.65. The maximum absolute atomic E-state index is 11.9. The standard InChI is InChI=1S/C16H24N2O2/c1-4-13-5-7-14(8-6-13)17-15(19)9-18-10-16(20,11-18)12(2)3/h5-8,12,20H,4,9-11H2,1-3H3,(H,17,19). The first-order valence-corrected chi connectivity index (χ1v) is 7.26. The van der Waals surface area contributed by atoms with Crippen molar-refractivity contribution in [3.05, 3.63) is 29.8 Å². The molecule has 0 radical (unpaired) electrons. The lowest BCUT2D eigenvalue weighted by atomic mass is 9.83. The fraction of sp³-hybridized carbons (Fsp3) is 0.562. The number of aliphatic hydroxyl groups is 1. The van der Waals surface area contributed by atoms with Crippen LogP contribution in [-0.2, 0) is 11.2 Å². The van der Waals surface area contributed by atoms with E-state index < -0.39 is 5.60 Å². The molecule has 1 fully saturated rings. The summed E-state index contributed by atoms with van der Waals surface area (Å²) in [5, 5.41) is 13.0. The zero-order chi connectivity index (χ0) is 14.8. The van der Waals surface area contributed by atoms with Gasteiger partial charge < -0.3 is 10.4 Å². The first-order chi connectivity index (χ1) is 9.43. The minimum absolute atomic E-state index is 0.0277. The predicted molar refractivity (Wildman–Crippen MR) is 80.7 cm³/mol. The number of carbonyl (C=O) groups is 1. The molecule has 1 amide bonds. The molecule has 0 bridgehead atoms. The molecule has 110 valence electrons. The second kappa shape index (κ2) is 5.94. The SMILES string of the molecule is CCc1ccc(NC(=O)CN2CC(O)(C(C)C)C2)cc1. The monoisotopic (exact) mass is 276 g/mol. The number of carbonyl (C=O) groups excluding carboxylic acids is 1. The van der Waals surface area contributed by atoms with Crippen LogP contribution in [0.4, 0.5) is 5.69 Å². The van der Waals surface area contributed by atoms with E-state index in [1.54, 1.807) is 0 Å². The van der Waals surface area contributed by atoms with Crippen molar-refractivity contribution in [2.24, 2.45) is 5.92 Å². The summed E-state index contributed by atoms with van der Waals surface area (Å²) in [7, 11) is 0. The van der Waals surface area contributed by atoms with E-state index in [2.05, 4.69) is 12.2 Å². The average molecular weight is 276 g/mol. The lowest BCUT2D eigenvalue weighted by molar-refractivity contribution is -0.139. The highest BCUT2D eigenvalue weighted by atomic mass is 16.3. The third-order valence-electron chi connectivity index (χ3n) is 4.08. The van der Waals surface area contributed by atoms with Crippen LogP contribution in [-0.4, -0.2) is 41.1 Å². The lowest BCUT2D eigenvalue weighted by Gasteiger charge is -2.48. The minimum atomic E-state index is -0.622. The normalized spacial score (nSPS) is 17.9. The van der Waals surface area contributed by atoms with E-state index in [1.807, 2.05) is 43.0 Å². The van der Waals surface area contributed by atoms with Crippen molar-refractivity contribution in [2.45, 2.75) is 32.8 Å². The number of nitrogens with zero attached hydrogens (tertiary/aromatic N) is 1. The van der Waals surface area contributed by atoms with Gasteiger partial charge in [-0.25, -0.2) is 0 Å². The number of amides is 1. The van der Waals surface area contributed by atoms with E-state index in [9.17, 15) is 9.90 Å². The van der Waals surface area contributed by atoms with Gasteiger partial charge in [-0.15, -0.1) is 0 Å². The zero-order valence-corrected chi connectivity index (χ0v) is 12.5. The molecule has 1 aromatic rings. The third kappa shape index (κ3) is 3.38. The van der Waals surface area contributed by atoms with Crippen LogP contribution in [0.1, 0.15) is 26.3 Å². The maximum Gasteiger partial charge on any atom is 0.238 e. The van der Waals surface area contributed by atoms with Crippen LogP contribution in [0.25, 0.3) is 0 Å². The van der Waals surface area contributed by atoms with Crippen molar-refractivity contribution in [3.63, 3.8) is 0 Å². The van der Waals surface area contributed by atoms with E-state index in [-0.39, 0.29) is 11.8 Å². The number of likely N-dealkylation sites (tertiary alicyclic amines) is 1. The molecule has 0 spiro atoms. The fourth-order valence-corrected chi connectivity index (χ4v) is 2.43. The van der Waals surface area contributed by atoms with Crippen molar-refractivity contribution < 1.29 is 9.90 Å². The molecule has 1 heterocycles. The molecule has 1 aliphatic heterocycles. The van der Waals surface area contributed by atoms with Gasteiger partial charge in [0, 0.05) is 18.8 Å². The summed E-state index contributed by atoms with van der Waals surface area (Å²) in [5.41, 5.74) is 1.46. The Morgan fingerprint density at radius 2 is 1.95 bits per heavy atom. The van der Waals surface area contributed by atoms with Crippen LogP contribution in [0.15, 0.2) is 24.3 Å². The molecule has 1 saturated heterocycles. The number of benzene rings is 1. The molecule has 1 aliphatic rings. The van der Waals surface area contributed by atoms with E-state index in [0.717, 1.165) is 12.1 Å². The molecule has 4 heteroatoms. The predicted octanol–water partition coefficient (Wildman–Crippen LogP) is 1.89. The highest BCUT2D eigenvalue weighted by Crippen LogP contribution is 2.28. The first kappa shape index (κ1) is 15.0. The summed E-state index contributed by atoms with van der Waals surface area (Å²) in [5.74, 6) is 0.198. The van der Waals surface area contributed by atoms with Gasteiger partial charge in [-0.3, -0.25) is 9.69 Å². The van der Waals surface area contributed by atoms with Crippen molar-refractivity contribution in [2.75, 3.05) is 25.0 Å². The van der Waals surface area contributed by atoms with E-state index in [0.29, 0.717) is 19.6 Å². The second-order valence-electron chi connectivity index (χ2n) is 6.00. The van der Waals surface area contributed by atoms with Crippen LogP contribution in [0, 0.1) is 5.92 Å². The van der Waals surface area contributed by atoms with Gasteiger partial charge in [0.2, 0.25) is 5.91 Å². The number of hydrogen-bond acceptors (Lipinski definition) is 3. The van der Waals surface area contributed by atoms with Gasteiger partial charge in [-0.2, -0.15) is 0 Å². The molecule has 20 heavy (non-hydrogen) atoms. The summed E-state index contributed by atoms with van der Waals surface area (Å²) in [6, 6.07) is 7.90. The smallest absolute Gasteiger partial charge is 0.238 e. The number of nitrogens with one attached hydrogen (secondary N) is 1. The van der Waals surface area contributed by atoms with Gasteiger partial charge in [0.05, 0.1) is 12.1 Å². The Kier molecular flexibility index (Phi) is 4.45. The Labute approximate surface area is 120 Å². The molecule has 2 N–H and O–H groups in total. The van der Waals surface area contributed by atoms with Gasteiger partial charge in [0.25, 0.3) is 0 Å². The molecular formula is C16H24N2O2. The van der Waals surface area contributed by atoms with E-state index in [1.165, 1.54) is 5.56 Å². The molecular weight excluding hydrogens is 252 g/mol. The summed E-state index contributed by atoms with van der Waals surface area (Å²) in [4.78, 5) is 13.9. The van der Waals surface area contributed by atoms with Gasteiger partial charge in [0.15, 0.2) is 0 Å². The van der Waals surface area contributed by atoms with E-state index in [4.69, 9.17) is 0 Å². The third-order valence-corrected chi connectivity index (χ3v) is 4.08. The number of aryl methyl sites for hydroxylation is 1. The second-order valence-corrected chi connectivity index (χ2v) is 6.00. The van der Waals surface area contributed by atoms with Crippen LogP contribution < -0.4 is 5.32 Å². The number of hydrogen-bond donors (Lipinski definition) is 2. The number of rotatable bonds is 5. The largest absolute Gasteiger partial charge is 0.387 e. The van der Waals surface area contributed by atoms with Gasteiger partial charge in [0.1, 0.15) is 0 Å². The molecule has 0 unspecified atom stereocenters. The average Bonchev–Trinajstić information content (AvgIpc) is 2.37. The molecule has 0 atom stereocenters. The van der Waals surface area contributed by atoms with Crippen molar-refractivity contribution in [3.8, 4) is 0 Å². The van der Waals surface area contributed by atoms with Crippen molar-refractivity contribution >= 4 is 11.6 Å². The van der Waals surface area contributed by atoms with Crippen LogP contribution in [0.5, 0.6) is 0 Å². The molecule has 0 saturated carbocycles. The molecule has 4 nitrogen and oxygen atoms in total. The van der Waals surface area contributed by atoms with Crippen LogP contribution >= 0.6 is 0 Å². The number of anilines is 1. The number of β-amino-alcohol motifs (C(OH)–C–C–N with tert-alkyl or cyclic N) is 1. The maximum atomic E-state index is 11.9. The Morgan fingerprint density at radius 3 is 2.45 bits per heavy atom. The minimum Gasteiger partial charge on any atom is -0.387 e. The summed E-state index contributed by atoms with van der Waals surface area (Å²) in [6.07, 6.45) is 0.996. The topological polar surface area (TPSA) is 52.6 Å². The first-order valence-electron chi connectivity index (χ1n) is 7.26. The van der Waals surface area contributed by atoms with Crippen molar-refractivity contribution in [1.29, 1.82) is 0 Å². The van der Waals surface area contributed by atoms with Gasteiger partial charge in [-0.1, -0.05) is 32.9 Å². The Bertz CT molecular complexity index is 462. The molecule has 0 aliphatic carbocycles. The molecule has 2 rings (SSSR count). The highest BCUT2D eigenvalue weighted by Gasteiger charge is 2.43. The zero-order valence-electron chi connectivity index (χ0n) is 12.5. The summed E-state index contributed by atoms with van der Waals surface area (Å²) in [6.45, 7) is 7.61. The van der Waals surface area contributed by atoms with Gasteiger partial charge in [-0.05, 0) is 30.0 Å². The van der Waals surface area contributed by atoms with Crippen molar-refractivity contribution in [1.82, 2.24) is 4.90 Å². The summed E-state index contributed by atoms with van der Waals surface area (Å²) < 4.78 is 0. The van der Waals surface area contributed by atoms with E-state index >= 15 is 0 Å².